The Labute approximate surface area is 160 Å². The average molecular weight is 448 g/mol. The van der Waals surface area contributed by atoms with Gasteiger partial charge in [0.25, 0.3) is 5.91 Å². The third-order valence-corrected chi connectivity index (χ3v) is 7.45. The van der Waals surface area contributed by atoms with Gasteiger partial charge < -0.3 is 10.4 Å². The molecule has 0 aromatic carbocycles. The molecule has 2 aliphatic rings. The topological polar surface area (TPSA) is 121 Å². The SMILES string of the molecule is CSCC1=C(C(=O)O)N2C(=O)C(NC(=O)CS(=O)(=O)C(F)(F)CF)[C@@H]2SC1. The number of hydrogen-bond donors (Lipinski definition) is 2. The highest BCUT2D eigenvalue weighted by Gasteiger charge is 2.54. The number of carboxylic acids is 1. The molecule has 0 saturated carbocycles. The average Bonchev–Trinajstić information content (AvgIpc) is 2.58. The van der Waals surface area contributed by atoms with Crippen molar-refractivity contribution in [1.82, 2.24) is 10.2 Å². The van der Waals surface area contributed by atoms with Gasteiger partial charge in [0.1, 0.15) is 22.9 Å². The first-order valence-electron chi connectivity index (χ1n) is 7.31. The van der Waals surface area contributed by atoms with Crippen LogP contribution in [0.4, 0.5) is 13.2 Å². The molecule has 14 heteroatoms. The molecule has 0 aromatic heterocycles. The molecule has 27 heavy (non-hydrogen) atoms. The van der Waals surface area contributed by atoms with Crippen LogP contribution in [-0.4, -0.2) is 83.1 Å². The summed E-state index contributed by atoms with van der Waals surface area (Å²) >= 11 is 2.53. The minimum absolute atomic E-state index is 0.194. The lowest BCUT2D eigenvalue weighted by molar-refractivity contribution is -0.150. The quantitative estimate of drug-likeness (QED) is 0.501. The van der Waals surface area contributed by atoms with Crippen LogP contribution in [0.25, 0.3) is 0 Å². The van der Waals surface area contributed by atoms with Crippen molar-refractivity contribution in [3.63, 3.8) is 0 Å². The number of fused-ring (bicyclic) bond motifs is 1. The first-order chi connectivity index (χ1) is 12.5. The second-order valence-corrected chi connectivity index (χ2v) is 9.76. The second kappa shape index (κ2) is 7.91. The van der Waals surface area contributed by atoms with Crippen molar-refractivity contribution in [2.75, 3.05) is 30.2 Å². The van der Waals surface area contributed by atoms with Crippen molar-refractivity contribution in [1.29, 1.82) is 0 Å². The van der Waals surface area contributed by atoms with Crippen molar-refractivity contribution < 1.29 is 41.1 Å². The number of alkyl halides is 3. The van der Waals surface area contributed by atoms with Crippen LogP contribution < -0.4 is 5.32 Å². The monoisotopic (exact) mass is 448 g/mol. The molecular weight excluding hydrogens is 433 g/mol. The molecule has 0 aromatic rings. The first kappa shape index (κ1) is 21.9. The van der Waals surface area contributed by atoms with E-state index in [0.717, 1.165) is 16.7 Å². The van der Waals surface area contributed by atoms with E-state index in [1.807, 2.05) is 5.32 Å². The summed E-state index contributed by atoms with van der Waals surface area (Å²) in [5.74, 6) is -4.51. The molecule has 2 amide bonds. The summed E-state index contributed by atoms with van der Waals surface area (Å²) < 4.78 is 61.0. The van der Waals surface area contributed by atoms with Gasteiger partial charge >= 0.3 is 11.2 Å². The highest BCUT2D eigenvalue weighted by atomic mass is 32.2. The van der Waals surface area contributed by atoms with E-state index in [1.54, 1.807) is 6.26 Å². The summed E-state index contributed by atoms with van der Waals surface area (Å²) in [5.41, 5.74) is 0.333. The van der Waals surface area contributed by atoms with Gasteiger partial charge in [0.15, 0.2) is 6.67 Å². The Hall–Kier alpha value is -1.41. The third-order valence-electron chi connectivity index (χ3n) is 3.82. The fraction of sp³-hybridized carbons (Fsp3) is 0.615. The zero-order valence-corrected chi connectivity index (χ0v) is 16.2. The lowest BCUT2D eigenvalue weighted by atomic mass is 10.0. The van der Waals surface area contributed by atoms with Crippen molar-refractivity contribution >= 4 is 51.1 Å². The summed E-state index contributed by atoms with van der Waals surface area (Å²) in [4.78, 5) is 36.5. The summed E-state index contributed by atoms with van der Waals surface area (Å²) in [6.45, 7) is -2.47. The van der Waals surface area contributed by atoms with Gasteiger partial charge in [-0.2, -0.15) is 20.5 Å². The minimum Gasteiger partial charge on any atom is -0.477 e. The molecule has 0 radical (unpaired) electrons. The molecule has 1 unspecified atom stereocenters. The molecule has 1 saturated heterocycles. The predicted molar refractivity (Wildman–Crippen MR) is 92.8 cm³/mol. The lowest BCUT2D eigenvalue weighted by Crippen LogP contribution is -2.71. The molecule has 0 aliphatic carbocycles. The summed E-state index contributed by atoms with van der Waals surface area (Å²) in [6, 6.07) is -1.25. The Morgan fingerprint density at radius 1 is 1.44 bits per heavy atom. The number of rotatable bonds is 8. The zero-order valence-electron chi connectivity index (χ0n) is 13.8. The zero-order chi connectivity index (χ0) is 20.6. The van der Waals surface area contributed by atoms with Crippen molar-refractivity contribution in [3.05, 3.63) is 11.3 Å². The normalized spacial score (nSPS) is 23.0. The Morgan fingerprint density at radius 3 is 2.59 bits per heavy atom. The van der Waals surface area contributed by atoms with E-state index in [-0.39, 0.29) is 11.4 Å². The van der Waals surface area contributed by atoms with Crippen LogP contribution in [0.15, 0.2) is 11.3 Å². The van der Waals surface area contributed by atoms with Gasteiger partial charge in [-0.3, -0.25) is 14.5 Å². The van der Waals surface area contributed by atoms with Gasteiger partial charge in [0.05, 0.1) is 0 Å². The molecule has 2 rings (SSSR count). The van der Waals surface area contributed by atoms with Gasteiger partial charge in [0.2, 0.25) is 15.7 Å². The standard InChI is InChI=1S/C13H15F3N2O6S3/c1-25-2-6-3-26-11-8(10(20)18(11)9(6)12(21)22)17-7(19)4-27(23,24)13(15,16)5-14/h8,11H,2-5H2,1H3,(H,17,19)(H,21,22)/t8?,11-/m0/s1. The fourth-order valence-electron chi connectivity index (χ4n) is 2.54. The maximum Gasteiger partial charge on any atom is 0.373 e. The van der Waals surface area contributed by atoms with E-state index in [2.05, 4.69) is 0 Å². The molecule has 2 atom stereocenters. The van der Waals surface area contributed by atoms with Crippen LogP contribution in [0, 0.1) is 0 Å². The molecule has 2 N–H and O–H groups in total. The summed E-state index contributed by atoms with van der Waals surface area (Å²) in [5, 5.41) is 5.88. The predicted octanol–water partition coefficient (Wildman–Crippen LogP) is 0.0651. The number of thioether (sulfide) groups is 2. The molecule has 0 spiro atoms. The number of amides is 2. The van der Waals surface area contributed by atoms with E-state index in [9.17, 15) is 41.1 Å². The van der Waals surface area contributed by atoms with Gasteiger partial charge in [-0.05, 0) is 11.8 Å². The molecule has 0 bridgehead atoms. The van der Waals surface area contributed by atoms with Crippen LogP contribution >= 0.6 is 23.5 Å². The van der Waals surface area contributed by atoms with Crippen LogP contribution in [0.2, 0.25) is 0 Å². The molecular formula is C13H15F3N2O6S3. The molecule has 152 valence electrons. The number of carboxylic acid groups (broad SMARTS) is 1. The maximum absolute atomic E-state index is 13.0. The Kier molecular flexibility index (Phi) is 6.41. The first-order valence-corrected chi connectivity index (χ1v) is 11.4. The van der Waals surface area contributed by atoms with Crippen LogP contribution in [0.3, 0.4) is 0 Å². The van der Waals surface area contributed by atoms with E-state index in [1.165, 1.54) is 11.8 Å². The van der Waals surface area contributed by atoms with Crippen LogP contribution in [-0.2, 0) is 24.2 Å². The second-order valence-electron chi connectivity index (χ2n) is 5.68. The minimum atomic E-state index is -5.38. The number of carbonyl (C=O) groups is 3. The van der Waals surface area contributed by atoms with E-state index >= 15 is 0 Å². The maximum atomic E-state index is 13.0. The summed E-state index contributed by atoms with van der Waals surface area (Å²) in [6.07, 6.45) is 1.76. The fourth-order valence-corrected chi connectivity index (χ4v) is 5.41. The highest BCUT2D eigenvalue weighted by molar-refractivity contribution is 8.00. The molecule has 1 fully saturated rings. The Balaban J connectivity index is 2.11. The number of β-lactam (4-membered cyclic amide) rings is 1. The van der Waals surface area contributed by atoms with Crippen molar-refractivity contribution in [2.45, 2.75) is 16.7 Å². The van der Waals surface area contributed by atoms with Crippen molar-refractivity contribution in [2.24, 2.45) is 0 Å². The third kappa shape index (κ3) is 4.06. The van der Waals surface area contributed by atoms with E-state index < -0.39 is 56.7 Å². The lowest BCUT2D eigenvalue weighted by Gasteiger charge is -2.49. The van der Waals surface area contributed by atoms with Gasteiger partial charge in [-0.15, -0.1) is 11.8 Å². The number of hydrogen-bond acceptors (Lipinski definition) is 7. The number of aliphatic carboxylic acids is 1. The Bertz CT molecular complexity index is 801. The van der Waals surface area contributed by atoms with Crippen LogP contribution in [0.1, 0.15) is 0 Å². The Morgan fingerprint density at radius 2 is 2.07 bits per heavy atom. The van der Waals surface area contributed by atoms with E-state index in [4.69, 9.17) is 0 Å². The smallest absolute Gasteiger partial charge is 0.373 e. The molecule has 2 aliphatic heterocycles. The number of sulfone groups is 1. The van der Waals surface area contributed by atoms with Gasteiger partial charge in [-0.25, -0.2) is 17.6 Å². The summed E-state index contributed by atoms with van der Waals surface area (Å²) in [7, 11) is -5.38. The molecule has 8 nitrogen and oxygen atoms in total. The van der Waals surface area contributed by atoms with Crippen molar-refractivity contribution in [3.8, 4) is 0 Å². The largest absolute Gasteiger partial charge is 0.477 e. The number of carbonyl (C=O) groups excluding carboxylic acids is 2. The van der Waals surface area contributed by atoms with Gasteiger partial charge in [-0.1, -0.05) is 0 Å². The molecule has 2 heterocycles. The highest BCUT2D eigenvalue weighted by Crippen LogP contribution is 2.40. The number of nitrogens with one attached hydrogen (secondary N) is 1. The van der Waals surface area contributed by atoms with Gasteiger partial charge in [0, 0.05) is 11.5 Å². The van der Waals surface area contributed by atoms with E-state index in [0.29, 0.717) is 11.3 Å². The number of nitrogens with zero attached hydrogens (tertiary/aromatic N) is 1. The van der Waals surface area contributed by atoms with Crippen LogP contribution in [0.5, 0.6) is 0 Å². The number of halogens is 3.